The highest BCUT2D eigenvalue weighted by atomic mass is 19.1. The van der Waals surface area contributed by atoms with Crippen LogP contribution in [-0.2, 0) is 28.7 Å². The molecule has 0 N–H and O–H groups in total. The van der Waals surface area contributed by atoms with Gasteiger partial charge in [0.2, 0.25) is 0 Å². The first-order valence-electron chi connectivity index (χ1n) is 12.7. The number of hydrogen-bond donors (Lipinski definition) is 0. The Hall–Kier alpha value is -2.81. The van der Waals surface area contributed by atoms with Gasteiger partial charge in [-0.2, -0.15) is 5.26 Å². The molecule has 0 atom stereocenters. The van der Waals surface area contributed by atoms with Gasteiger partial charge in [-0.3, -0.25) is 0 Å². The largest absolute Gasteiger partial charge is 0.352 e. The smallest absolute Gasteiger partial charge is 0.157 e. The van der Waals surface area contributed by atoms with Gasteiger partial charge in [0.25, 0.3) is 0 Å². The van der Waals surface area contributed by atoms with Crippen molar-refractivity contribution in [3.63, 3.8) is 0 Å². The first-order valence-corrected chi connectivity index (χ1v) is 12.7. The van der Waals surface area contributed by atoms with Gasteiger partial charge in [-0.25, -0.2) is 8.78 Å². The van der Waals surface area contributed by atoms with Crippen molar-refractivity contribution in [1.29, 1.82) is 5.26 Å². The minimum absolute atomic E-state index is 0.0228. The molecular formula is C30H33F2NO2. The van der Waals surface area contributed by atoms with Gasteiger partial charge in [0.15, 0.2) is 6.29 Å². The fraction of sp³-hybridized carbons (Fsp3) is 0.433. The fourth-order valence-corrected chi connectivity index (χ4v) is 4.70. The molecule has 0 spiro atoms. The lowest BCUT2D eigenvalue weighted by atomic mass is 9.97. The Morgan fingerprint density at radius 2 is 1.66 bits per heavy atom. The van der Waals surface area contributed by atoms with Crippen LogP contribution in [0.3, 0.4) is 0 Å². The Kier molecular flexibility index (Phi) is 8.84. The van der Waals surface area contributed by atoms with Gasteiger partial charge in [-0.05, 0) is 59.9 Å². The van der Waals surface area contributed by atoms with Gasteiger partial charge < -0.3 is 9.47 Å². The number of hydrogen-bond acceptors (Lipinski definition) is 3. The monoisotopic (exact) mass is 477 g/mol. The van der Waals surface area contributed by atoms with Crippen LogP contribution in [0, 0.1) is 28.9 Å². The highest BCUT2D eigenvalue weighted by Gasteiger charge is 2.21. The number of nitriles is 1. The summed E-state index contributed by atoms with van der Waals surface area (Å²) in [5.74, 6) is -0.255. The zero-order valence-corrected chi connectivity index (χ0v) is 20.4. The lowest BCUT2D eigenvalue weighted by molar-refractivity contribution is -0.203. The van der Waals surface area contributed by atoms with Crippen LogP contribution in [0.5, 0.6) is 0 Å². The molecule has 0 radical (unpaired) electrons. The molecule has 0 amide bonds. The van der Waals surface area contributed by atoms with E-state index in [0.717, 1.165) is 42.6 Å². The second-order valence-electron chi connectivity index (χ2n) is 9.52. The standard InChI is InChI=1S/C30H33F2NO2/c1-2-3-4-5-23-19-34-29(35-20-23)15-9-21-8-14-27-25(16-21)13-12-24(30(27)32)10-6-22-7-11-26(18-33)28(31)17-22/h7-8,11-14,16-17,23,29H,2-6,9-10,15,19-20H2,1H3. The van der Waals surface area contributed by atoms with Crippen molar-refractivity contribution in [2.75, 3.05) is 13.2 Å². The van der Waals surface area contributed by atoms with Gasteiger partial charge in [0, 0.05) is 17.7 Å². The van der Waals surface area contributed by atoms with E-state index >= 15 is 4.39 Å². The molecule has 3 aromatic rings. The SMILES string of the molecule is CCCCCC1COC(CCc2ccc3c(F)c(CCc4ccc(C#N)c(F)c4)ccc3c2)OC1. The number of aryl methyl sites for hydroxylation is 3. The van der Waals surface area contributed by atoms with E-state index in [0.29, 0.717) is 29.7 Å². The predicted octanol–water partition coefficient (Wildman–Crippen LogP) is 7.28. The van der Waals surface area contributed by atoms with Gasteiger partial charge >= 0.3 is 0 Å². The molecule has 1 heterocycles. The van der Waals surface area contributed by atoms with Crippen LogP contribution in [0.2, 0.25) is 0 Å². The summed E-state index contributed by atoms with van der Waals surface area (Å²) >= 11 is 0. The molecule has 0 aliphatic carbocycles. The number of halogens is 2. The minimum atomic E-state index is -0.535. The van der Waals surface area contributed by atoms with Crippen LogP contribution < -0.4 is 0 Å². The van der Waals surface area contributed by atoms with Gasteiger partial charge in [0.05, 0.1) is 18.8 Å². The Labute approximate surface area is 206 Å². The zero-order valence-electron chi connectivity index (χ0n) is 20.4. The van der Waals surface area contributed by atoms with Gasteiger partial charge in [-0.15, -0.1) is 0 Å². The lowest BCUT2D eigenvalue weighted by Gasteiger charge is -2.29. The molecule has 4 rings (SSSR count). The molecule has 0 aromatic heterocycles. The maximum atomic E-state index is 15.2. The zero-order chi connectivity index (χ0) is 24.6. The topological polar surface area (TPSA) is 42.2 Å². The highest BCUT2D eigenvalue weighted by molar-refractivity contribution is 5.84. The summed E-state index contributed by atoms with van der Waals surface area (Å²) in [4.78, 5) is 0. The Morgan fingerprint density at radius 1 is 0.886 bits per heavy atom. The third-order valence-electron chi connectivity index (χ3n) is 6.86. The molecular weight excluding hydrogens is 444 g/mol. The van der Waals surface area contributed by atoms with Crippen molar-refractivity contribution >= 4 is 10.8 Å². The molecule has 1 aliphatic rings. The van der Waals surface area contributed by atoms with Crippen molar-refractivity contribution in [2.45, 2.75) is 64.6 Å². The third kappa shape index (κ3) is 6.66. The Balaban J connectivity index is 1.32. The molecule has 0 saturated carbocycles. The second-order valence-corrected chi connectivity index (χ2v) is 9.52. The van der Waals surface area contributed by atoms with Crippen molar-refractivity contribution in [3.05, 3.63) is 82.4 Å². The average molecular weight is 478 g/mol. The first-order chi connectivity index (χ1) is 17.1. The predicted molar refractivity (Wildman–Crippen MR) is 134 cm³/mol. The summed E-state index contributed by atoms with van der Waals surface area (Å²) in [5, 5.41) is 10.3. The molecule has 0 unspecified atom stereocenters. The van der Waals surface area contributed by atoms with Gasteiger partial charge in [-0.1, -0.05) is 62.6 Å². The lowest BCUT2D eigenvalue weighted by Crippen LogP contribution is -2.32. The van der Waals surface area contributed by atoms with Crippen molar-refractivity contribution < 1.29 is 18.3 Å². The van der Waals surface area contributed by atoms with E-state index in [1.165, 1.54) is 37.8 Å². The van der Waals surface area contributed by atoms with Crippen LogP contribution in [-0.4, -0.2) is 19.5 Å². The van der Waals surface area contributed by atoms with Crippen LogP contribution in [0.4, 0.5) is 8.78 Å². The molecule has 1 fully saturated rings. The molecule has 5 heteroatoms. The summed E-state index contributed by atoms with van der Waals surface area (Å²) in [7, 11) is 0. The fourth-order valence-electron chi connectivity index (χ4n) is 4.70. The summed E-state index contributed by atoms with van der Waals surface area (Å²) in [6.45, 7) is 3.76. The number of unbranched alkanes of at least 4 members (excludes halogenated alkanes) is 2. The quantitative estimate of drug-likeness (QED) is 0.288. The minimum Gasteiger partial charge on any atom is -0.352 e. The number of ether oxygens (including phenoxy) is 2. The van der Waals surface area contributed by atoms with Crippen molar-refractivity contribution in [1.82, 2.24) is 0 Å². The second kappa shape index (κ2) is 12.2. The van der Waals surface area contributed by atoms with E-state index in [1.54, 1.807) is 6.07 Å². The maximum absolute atomic E-state index is 15.2. The van der Waals surface area contributed by atoms with Gasteiger partial charge in [0.1, 0.15) is 17.7 Å². The summed E-state index contributed by atoms with van der Waals surface area (Å²) < 4.78 is 40.9. The van der Waals surface area contributed by atoms with Crippen molar-refractivity contribution in [3.8, 4) is 6.07 Å². The molecule has 35 heavy (non-hydrogen) atoms. The van der Waals surface area contributed by atoms with Crippen LogP contribution >= 0.6 is 0 Å². The van der Waals surface area contributed by atoms with E-state index < -0.39 is 5.82 Å². The normalized spacial score (nSPS) is 18.0. The third-order valence-corrected chi connectivity index (χ3v) is 6.86. The molecule has 0 bridgehead atoms. The Bertz CT molecular complexity index is 1180. The van der Waals surface area contributed by atoms with E-state index in [2.05, 4.69) is 6.92 Å². The molecule has 3 aromatic carbocycles. The van der Waals surface area contributed by atoms with Crippen LogP contribution in [0.1, 0.15) is 61.3 Å². The van der Waals surface area contributed by atoms with Crippen LogP contribution in [0.25, 0.3) is 10.8 Å². The molecule has 1 aliphatic heterocycles. The highest BCUT2D eigenvalue weighted by Crippen LogP contribution is 2.26. The van der Waals surface area contributed by atoms with E-state index in [9.17, 15) is 4.39 Å². The molecule has 184 valence electrons. The first kappa shape index (κ1) is 25.3. The van der Waals surface area contributed by atoms with E-state index in [4.69, 9.17) is 14.7 Å². The van der Waals surface area contributed by atoms with Crippen LogP contribution in [0.15, 0.2) is 48.5 Å². The summed E-state index contributed by atoms with van der Waals surface area (Å²) in [6, 6.07) is 16.0. The average Bonchev–Trinajstić information content (AvgIpc) is 2.88. The van der Waals surface area contributed by atoms with E-state index in [-0.39, 0.29) is 17.7 Å². The van der Waals surface area contributed by atoms with Crippen molar-refractivity contribution in [2.24, 2.45) is 5.92 Å². The number of benzene rings is 3. The number of nitrogens with zero attached hydrogens (tertiary/aromatic N) is 1. The summed E-state index contributed by atoms with van der Waals surface area (Å²) in [6.07, 6.45) is 7.30. The summed E-state index contributed by atoms with van der Waals surface area (Å²) in [5.41, 5.74) is 2.51. The number of rotatable bonds is 10. The Morgan fingerprint density at radius 3 is 2.40 bits per heavy atom. The number of fused-ring (bicyclic) bond motifs is 1. The van der Waals surface area contributed by atoms with E-state index in [1.807, 2.05) is 36.4 Å². The maximum Gasteiger partial charge on any atom is 0.157 e. The molecule has 3 nitrogen and oxygen atoms in total. The molecule has 1 saturated heterocycles.